The van der Waals surface area contributed by atoms with Gasteiger partial charge in [0.05, 0.1) is 32.7 Å². The van der Waals surface area contributed by atoms with Crippen molar-refractivity contribution >= 4 is 23.0 Å². The minimum Gasteiger partial charge on any atom is -0.338 e. The number of quaternary nitrogens is 1. The van der Waals surface area contributed by atoms with Crippen LogP contribution in [0.15, 0.2) is 18.2 Å². The van der Waals surface area contributed by atoms with Crippen LogP contribution in [0.1, 0.15) is 18.1 Å². The summed E-state index contributed by atoms with van der Waals surface area (Å²) in [5.74, 6) is 0. The Morgan fingerprint density at radius 2 is 2.00 bits per heavy atom. The number of rotatable bonds is 2. The van der Waals surface area contributed by atoms with Crippen LogP contribution in [0, 0.1) is 13.8 Å². The Morgan fingerprint density at radius 1 is 1.32 bits per heavy atom. The fourth-order valence-corrected chi connectivity index (χ4v) is 2.75. The third-order valence-corrected chi connectivity index (χ3v) is 4.46. The van der Waals surface area contributed by atoms with E-state index in [4.69, 9.17) is 12.2 Å². The van der Waals surface area contributed by atoms with Gasteiger partial charge in [-0.05, 0) is 50.2 Å². The number of nitrogens with one attached hydrogen (secondary N) is 2. The lowest BCUT2D eigenvalue weighted by Crippen LogP contribution is -3.14. The molecule has 3 nitrogen and oxygen atoms in total. The number of hydrogen-bond donors (Lipinski definition) is 2. The van der Waals surface area contributed by atoms with Gasteiger partial charge in [0.25, 0.3) is 0 Å². The molecule has 0 unspecified atom stereocenters. The van der Waals surface area contributed by atoms with E-state index in [-0.39, 0.29) is 0 Å². The molecule has 0 radical (unpaired) electrons. The average Bonchev–Trinajstić information content (AvgIpc) is 2.44. The molecule has 4 heteroatoms. The van der Waals surface area contributed by atoms with E-state index in [0.717, 1.165) is 23.9 Å². The van der Waals surface area contributed by atoms with Crippen molar-refractivity contribution < 1.29 is 4.90 Å². The normalized spacial score (nSPS) is 16.5. The highest BCUT2D eigenvalue weighted by Crippen LogP contribution is 2.18. The van der Waals surface area contributed by atoms with Crippen molar-refractivity contribution in [1.29, 1.82) is 0 Å². The summed E-state index contributed by atoms with van der Waals surface area (Å²) in [6, 6.07) is 6.31. The topological polar surface area (TPSA) is 19.7 Å². The molecule has 0 bridgehead atoms. The molecule has 0 aliphatic carbocycles. The summed E-state index contributed by atoms with van der Waals surface area (Å²) < 4.78 is 0. The Bertz CT molecular complexity index is 451. The molecular formula is C15H24N3S+. The van der Waals surface area contributed by atoms with E-state index in [9.17, 15) is 0 Å². The van der Waals surface area contributed by atoms with Gasteiger partial charge in [0.15, 0.2) is 5.11 Å². The van der Waals surface area contributed by atoms with E-state index in [1.54, 1.807) is 4.90 Å². The first-order chi connectivity index (χ1) is 9.11. The monoisotopic (exact) mass is 278 g/mol. The van der Waals surface area contributed by atoms with Crippen molar-refractivity contribution in [2.75, 3.05) is 38.0 Å². The molecule has 0 saturated carbocycles. The maximum Gasteiger partial charge on any atom is 0.173 e. The van der Waals surface area contributed by atoms with Crippen LogP contribution < -0.4 is 10.2 Å². The second kappa shape index (κ2) is 6.35. The number of thiocarbonyl (C=S) groups is 1. The fraction of sp³-hybridized carbons (Fsp3) is 0.533. The molecule has 0 amide bonds. The Kier molecular flexibility index (Phi) is 4.77. The van der Waals surface area contributed by atoms with Crippen LogP contribution in [0.2, 0.25) is 0 Å². The highest BCUT2D eigenvalue weighted by atomic mass is 32.1. The van der Waals surface area contributed by atoms with Gasteiger partial charge < -0.3 is 15.1 Å². The van der Waals surface area contributed by atoms with Gasteiger partial charge in [0, 0.05) is 5.69 Å². The molecule has 0 spiro atoms. The minimum absolute atomic E-state index is 0.865. The third-order valence-electron chi connectivity index (χ3n) is 4.10. The van der Waals surface area contributed by atoms with Crippen molar-refractivity contribution in [3.8, 4) is 0 Å². The number of aryl methyl sites for hydroxylation is 1. The van der Waals surface area contributed by atoms with Gasteiger partial charge in [-0.25, -0.2) is 0 Å². The molecular weight excluding hydrogens is 254 g/mol. The first-order valence-corrected chi connectivity index (χ1v) is 7.48. The maximum atomic E-state index is 5.54. The van der Waals surface area contributed by atoms with E-state index in [2.05, 4.69) is 49.2 Å². The molecule has 1 heterocycles. The van der Waals surface area contributed by atoms with Crippen LogP contribution in [0.25, 0.3) is 0 Å². The third kappa shape index (κ3) is 3.45. The molecule has 1 aromatic rings. The Hall–Kier alpha value is -1.13. The first-order valence-electron chi connectivity index (χ1n) is 7.07. The molecule has 2 rings (SSSR count). The maximum absolute atomic E-state index is 5.54. The first kappa shape index (κ1) is 14.3. The predicted octanol–water partition coefficient (Wildman–Crippen LogP) is 1.22. The quantitative estimate of drug-likeness (QED) is 0.794. The van der Waals surface area contributed by atoms with Gasteiger partial charge in [-0.1, -0.05) is 12.1 Å². The number of hydrogen-bond acceptors (Lipinski definition) is 1. The summed E-state index contributed by atoms with van der Waals surface area (Å²) in [6.45, 7) is 12.2. The van der Waals surface area contributed by atoms with E-state index in [1.165, 1.54) is 30.8 Å². The van der Waals surface area contributed by atoms with E-state index < -0.39 is 0 Å². The smallest absolute Gasteiger partial charge is 0.173 e. The summed E-state index contributed by atoms with van der Waals surface area (Å²) in [5, 5.41) is 4.27. The lowest BCUT2D eigenvalue weighted by molar-refractivity contribution is -0.902. The number of piperazine rings is 1. The lowest BCUT2D eigenvalue weighted by Gasteiger charge is -2.33. The zero-order chi connectivity index (χ0) is 13.8. The number of anilines is 1. The van der Waals surface area contributed by atoms with E-state index in [1.807, 2.05) is 0 Å². The average molecular weight is 278 g/mol. The zero-order valence-electron chi connectivity index (χ0n) is 12.1. The van der Waals surface area contributed by atoms with Crippen LogP contribution in [0.5, 0.6) is 0 Å². The molecule has 1 fully saturated rings. The molecule has 104 valence electrons. The van der Waals surface area contributed by atoms with E-state index in [0.29, 0.717) is 0 Å². The minimum atomic E-state index is 0.865. The van der Waals surface area contributed by atoms with Crippen LogP contribution in [-0.4, -0.2) is 42.7 Å². The number of nitrogens with zero attached hydrogens (tertiary/aromatic N) is 1. The predicted molar refractivity (Wildman–Crippen MR) is 84.9 cm³/mol. The highest BCUT2D eigenvalue weighted by Gasteiger charge is 2.20. The van der Waals surface area contributed by atoms with Crippen LogP contribution in [0.4, 0.5) is 5.69 Å². The highest BCUT2D eigenvalue weighted by molar-refractivity contribution is 7.80. The summed E-state index contributed by atoms with van der Waals surface area (Å²) in [5.41, 5.74) is 3.71. The summed E-state index contributed by atoms with van der Waals surface area (Å²) in [4.78, 5) is 3.96. The summed E-state index contributed by atoms with van der Waals surface area (Å²) >= 11 is 5.54. The largest absolute Gasteiger partial charge is 0.338 e. The van der Waals surface area contributed by atoms with Crippen LogP contribution in [0.3, 0.4) is 0 Å². The summed E-state index contributed by atoms with van der Waals surface area (Å²) in [6.07, 6.45) is 0. The van der Waals surface area contributed by atoms with Crippen molar-refractivity contribution in [2.24, 2.45) is 0 Å². The molecule has 0 atom stereocenters. The SMILES string of the molecule is CC[NH+]1CCN(C(=S)Nc2cccc(C)c2C)CC1. The number of benzene rings is 1. The van der Waals surface area contributed by atoms with Crippen molar-refractivity contribution in [1.82, 2.24) is 4.90 Å². The number of likely N-dealkylation sites (N-methyl/N-ethyl adjacent to an activating group) is 1. The van der Waals surface area contributed by atoms with Crippen molar-refractivity contribution in [2.45, 2.75) is 20.8 Å². The summed E-state index contributed by atoms with van der Waals surface area (Å²) in [7, 11) is 0. The van der Waals surface area contributed by atoms with Gasteiger partial charge in [0.2, 0.25) is 0 Å². The molecule has 0 aromatic heterocycles. The molecule has 1 aliphatic rings. The van der Waals surface area contributed by atoms with Gasteiger partial charge in [-0.3, -0.25) is 0 Å². The Labute approximate surface area is 121 Å². The van der Waals surface area contributed by atoms with Crippen LogP contribution >= 0.6 is 12.2 Å². The van der Waals surface area contributed by atoms with Gasteiger partial charge in [-0.15, -0.1) is 0 Å². The molecule has 1 saturated heterocycles. The second-order valence-corrected chi connectivity index (χ2v) is 5.65. The van der Waals surface area contributed by atoms with Gasteiger partial charge >= 0.3 is 0 Å². The van der Waals surface area contributed by atoms with E-state index >= 15 is 0 Å². The molecule has 19 heavy (non-hydrogen) atoms. The molecule has 1 aliphatic heterocycles. The van der Waals surface area contributed by atoms with Gasteiger partial charge in [0.1, 0.15) is 0 Å². The van der Waals surface area contributed by atoms with Crippen molar-refractivity contribution in [3.63, 3.8) is 0 Å². The fourth-order valence-electron chi connectivity index (χ4n) is 2.46. The standard InChI is InChI=1S/C15H23N3S/c1-4-17-8-10-18(11-9-17)15(19)16-14-7-5-6-12(2)13(14)3/h5-7H,4,8-11H2,1-3H3,(H,16,19)/p+1. The Balaban J connectivity index is 1.96. The lowest BCUT2D eigenvalue weighted by atomic mass is 10.1. The molecule has 1 aromatic carbocycles. The van der Waals surface area contributed by atoms with Crippen molar-refractivity contribution in [3.05, 3.63) is 29.3 Å². The Morgan fingerprint density at radius 3 is 2.63 bits per heavy atom. The second-order valence-electron chi connectivity index (χ2n) is 5.27. The van der Waals surface area contributed by atoms with Gasteiger partial charge in [-0.2, -0.15) is 0 Å². The van der Waals surface area contributed by atoms with Crippen LogP contribution in [-0.2, 0) is 0 Å². The molecule has 2 N–H and O–H groups in total. The zero-order valence-corrected chi connectivity index (χ0v) is 12.9.